The second-order valence-electron chi connectivity index (χ2n) is 7.37. The highest BCUT2D eigenvalue weighted by molar-refractivity contribution is 6.36. The molecule has 0 amide bonds. The quantitative estimate of drug-likeness (QED) is 0.569. The van der Waals surface area contributed by atoms with Crippen LogP contribution in [-0.2, 0) is 4.79 Å². The molecule has 3 aromatic carbocycles. The molecule has 158 valence electrons. The summed E-state index contributed by atoms with van der Waals surface area (Å²) in [7, 11) is 0. The van der Waals surface area contributed by atoms with Gasteiger partial charge in [0.1, 0.15) is 23.4 Å². The maximum absolute atomic E-state index is 11.5. The minimum Gasteiger partial charge on any atom is -0.477 e. The van der Waals surface area contributed by atoms with Gasteiger partial charge in [0.25, 0.3) is 0 Å². The van der Waals surface area contributed by atoms with Crippen LogP contribution in [0.1, 0.15) is 17.5 Å². The van der Waals surface area contributed by atoms with Crippen LogP contribution < -0.4 is 4.74 Å². The van der Waals surface area contributed by atoms with E-state index in [0.29, 0.717) is 10.8 Å². The number of aliphatic imine (C=N–C) groups is 1. The van der Waals surface area contributed by atoms with Crippen molar-refractivity contribution in [2.75, 3.05) is 0 Å². The zero-order chi connectivity index (χ0) is 22.1. The van der Waals surface area contributed by atoms with Gasteiger partial charge < -0.3 is 9.84 Å². The van der Waals surface area contributed by atoms with Crippen LogP contribution in [0.3, 0.4) is 0 Å². The Hall–Kier alpha value is -3.90. The number of nitrogens with zero attached hydrogens (tertiary/aromatic N) is 3. The molecule has 2 aliphatic heterocycles. The number of carboxylic acids is 1. The van der Waals surface area contributed by atoms with E-state index in [1.165, 1.54) is 0 Å². The number of hydrogen-bond donors (Lipinski definition) is 1. The minimum atomic E-state index is -1.03. The number of carboxylic acid groups (broad SMARTS) is 1. The summed E-state index contributed by atoms with van der Waals surface area (Å²) in [6.45, 7) is 0. The Kier molecular flexibility index (Phi) is 5.21. The normalized spacial score (nSPS) is 17.2. The summed E-state index contributed by atoms with van der Waals surface area (Å²) in [6, 6.07) is 24.6. The molecule has 0 fully saturated rings. The predicted octanol–water partition coefficient (Wildman–Crippen LogP) is 5.45. The highest BCUT2D eigenvalue weighted by Gasteiger charge is 2.35. The standard InChI is InChI=1S/C25H18ClN3O3/c26-18-10-6-16(7-11-18)21-14-23(29-24(27-21)15-22(28-29)25(30)31)17-8-12-20(13-9-17)32-19-4-2-1-3-5-19/h1-14,24H,15H2,(H,30,31). The predicted molar refractivity (Wildman–Crippen MR) is 124 cm³/mol. The number of rotatable bonds is 5. The van der Waals surface area contributed by atoms with Crippen LogP contribution >= 0.6 is 11.6 Å². The molecule has 32 heavy (non-hydrogen) atoms. The molecule has 0 saturated carbocycles. The summed E-state index contributed by atoms with van der Waals surface area (Å²) in [5, 5.41) is 16.1. The lowest BCUT2D eigenvalue weighted by Gasteiger charge is -2.28. The van der Waals surface area contributed by atoms with E-state index in [9.17, 15) is 9.90 Å². The summed E-state index contributed by atoms with van der Waals surface area (Å²) >= 11 is 6.03. The maximum Gasteiger partial charge on any atom is 0.352 e. The molecule has 0 radical (unpaired) electrons. The van der Waals surface area contributed by atoms with Crippen LogP contribution in [0.5, 0.6) is 11.5 Å². The van der Waals surface area contributed by atoms with Crippen LogP contribution in [0.2, 0.25) is 5.02 Å². The number of fused-ring (bicyclic) bond motifs is 1. The summed E-state index contributed by atoms with van der Waals surface area (Å²) < 4.78 is 5.88. The maximum atomic E-state index is 11.5. The van der Waals surface area contributed by atoms with Gasteiger partial charge in [-0.15, -0.1) is 0 Å². The first-order chi connectivity index (χ1) is 15.6. The van der Waals surface area contributed by atoms with E-state index < -0.39 is 12.1 Å². The number of hydrogen-bond acceptors (Lipinski definition) is 5. The Labute approximate surface area is 189 Å². The molecule has 2 aliphatic rings. The molecule has 6 nitrogen and oxygen atoms in total. The zero-order valence-electron chi connectivity index (χ0n) is 16.9. The van der Waals surface area contributed by atoms with E-state index in [1.807, 2.05) is 84.9 Å². The average Bonchev–Trinajstić information content (AvgIpc) is 3.25. The summed E-state index contributed by atoms with van der Waals surface area (Å²) in [6.07, 6.45) is 1.74. The Balaban J connectivity index is 1.49. The summed E-state index contributed by atoms with van der Waals surface area (Å²) in [4.78, 5) is 16.3. The lowest BCUT2D eigenvalue weighted by Crippen LogP contribution is -2.29. The van der Waals surface area contributed by atoms with Gasteiger partial charge in [-0.3, -0.25) is 4.99 Å². The third kappa shape index (κ3) is 4.00. The van der Waals surface area contributed by atoms with Crippen molar-refractivity contribution in [3.05, 3.63) is 101 Å². The first kappa shape index (κ1) is 20.0. The molecule has 5 rings (SSSR count). The molecule has 0 aliphatic carbocycles. The second kappa shape index (κ2) is 8.32. The van der Waals surface area contributed by atoms with E-state index in [1.54, 1.807) is 5.01 Å². The molecule has 0 spiro atoms. The molecule has 1 unspecified atom stereocenters. The lowest BCUT2D eigenvalue weighted by atomic mass is 10.0. The van der Waals surface area contributed by atoms with Crippen LogP contribution in [0, 0.1) is 0 Å². The fourth-order valence-electron chi connectivity index (χ4n) is 3.65. The third-order valence-corrected chi connectivity index (χ3v) is 5.46. The van der Waals surface area contributed by atoms with Crippen molar-refractivity contribution < 1.29 is 14.6 Å². The van der Waals surface area contributed by atoms with Gasteiger partial charge >= 0.3 is 5.97 Å². The van der Waals surface area contributed by atoms with E-state index >= 15 is 0 Å². The molecule has 0 bridgehead atoms. The molecule has 0 saturated heterocycles. The van der Waals surface area contributed by atoms with Crippen LogP contribution in [0.15, 0.2) is 95.0 Å². The number of para-hydroxylation sites is 1. The Bertz CT molecular complexity index is 1250. The number of carbonyl (C=O) groups is 1. The average molecular weight is 444 g/mol. The van der Waals surface area contributed by atoms with Gasteiger partial charge in [-0.25, -0.2) is 9.80 Å². The third-order valence-electron chi connectivity index (χ3n) is 5.21. The largest absolute Gasteiger partial charge is 0.477 e. The highest BCUT2D eigenvalue weighted by Crippen LogP contribution is 2.34. The number of ether oxygens (including phenoxy) is 1. The van der Waals surface area contributed by atoms with Crippen LogP contribution in [0.4, 0.5) is 0 Å². The van der Waals surface area contributed by atoms with Gasteiger partial charge in [0, 0.05) is 17.0 Å². The van der Waals surface area contributed by atoms with E-state index in [2.05, 4.69) is 5.10 Å². The lowest BCUT2D eigenvalue weighted by molar-refractivity contribution is -0.129. The van der Waals surface area contributed by atoms with E-state index in [0.717, 1.165) is 28.3 Å². The van der Waals surface area contributed by atoms with Crippen molar-refractivity contribution in [3.63, 3.8) is 0 Å². The van der Waals surface area contributed by atoms with Crippen molar-refractivity contribution in [2.24, 2.45) is 10.1 Å². The van der Waals surface area contributed by atoms with Crippen molar-refractivity contribution >= 4 is 34.7 Å². The van der Waals surface area contributed by atoms with Crippen molar-refractivity contribution in [2.45, 2.75) is 12.6 Å². The zero-order valence-corrected chi connectivity index (χ0v) is 17.6. The van der Waals surface area contributed by atoms with Gasteiger partial charge in [0.2, 0.25) is 0 Å². The van der Waals surface area contributed by atoms with Gasteiger partial charge in [0.15, 0.2) is 0 Å². The molecule has 3 aromatic rings. The Morgan fingerprint density at radius 1 is 0.938 bits per heavy atom. The minimum absolute atomic E-state index is 0.0889. The number of halogens is 1. The van der Waals surface area contributed by atoms with Gasteiger partial charge in [-0.2, -0.15) is 5.10 Å². The topological polar surface area (TPSA) is 74.5 Å². The van der Waals surface area contributed by atoms with Gasteiger partial charge in [-0.1, -0.05) is 41.9 Å². The first-order valence-corrected chi connectivity index (χ1v) is 10.4. The summed E-state index contributed by atoms with van der Waals surface area (Å²) in [5.74, 6) is 0.425. The van der Waals surface area contributed by atoms with E-state index in [-0.39, 0.29) is 12.1 Å². The molecule has 2 heterocycles. The fraction of sp³-hybridized carbons (Fsp3) is 0.0800. The molecule has 1 atom stereocenters. The fourth-order valence-corrected chi connectivity index (χ4v) is 3.77. The van der Waals surface area contributed by atoms with Crippen LogP contribution in [0.25, 0.3) is 5.70 Å². The Morgan fingerprint density at radius 3 is 2.28 bits per heavy atom. The molecule has 0 aromatic heterocycles. The van der Waals surface area contributed by atoms with Crippen LogP contribution in [-0.4, -0.2) is 33.7 Å². The summed E-state index contributed by atoms with van der Waals surface area (Å²) in [5.41, 5.74) is 3.40. The highest BCUT2D eigenvalue weighted by atomic mass is 35.5. The first-order valence-electron chi connectivity index (χ1n) is 10.1. The molecular formula is C25H18ClN3O3. The number of benzene rings is 3. The van der Waals surface area contributed by atoms with Crippen molar-refractivity contribution in [1.29, 1.82) is 0 Å². The van der Waals surface area contributed by atoms with Crippen molar-refractivity contribution in [1.82, 2.24) is 5.01 Å². The number of aliphatic carboxylic acids is 1. The van der Waals surface area contributed by atoms with E-state index in [4.69, 9.17) is 21.3 Å². The Morgan fingerprint density at radius 2 is 1.59 bits per heavy atom. The SMILES string of the molecule is O=C(O)C1=NN2C(c3ccc(Oc4ccccc4)cc3)=CC(c3ccc(Cl)cc3)=NC2C1. The van der Waals surface area contributed by atoms with Gasteiger partial charge in [0.05, 0.1) is 11.4 Å². The number of hydrazone groups is 1. The molecule has 7 heteroatoms. The molecular weight excluding hydrogens is 426 g/mol. The van der Waals surface area contributed by atoms with Gasteiger partial charge in [-0.05, 0) is 60.2 Å². The second-order valence-corrected chi connectivity index (χ2v) is 7.81. The monoisotopic (exact) mass is 443 g/mol. The number of allylic oxidation sites excluding steroid dienone is 1. The van der Waals surface area contributed by atoms with Crippen molar-refractivity contribution in [3.8, 4) is 11.5 Å². The molecule has 1 N–H and O–H groups in total. The smallest absolute Gasteiger partial charge is 0.352 e.